The molecule has 0 aliphatic carbocycles. The van der Waals surface area contributed by atoms with Crippen molar-refractivity contribution in [1.82, 2.24) is 20.0 Å². The Balaban J connectivity index is 4.65. The first-order valence-electron chi connectivity index (χ1n) is 27.5. The van der Waals surface area contributed by atoms with Crippen LogP contribution >= 0.6 is 11.8 Å². The van der Waals surface area contributed by atoms with E-state index in [1.54, 1.807) is 11.8 Å². The SMILES string of the molecule is CSCCCC(=O)CCOCCOCCOCCOCCOCCOCCOCCOCCN(CCC(=O)CCCN(CCC(=O)CCN)CCC(=O)CCN)C(=O)NCCN(CCC(=O)CCN)CCC(=O)CCN. The molecule has 0 aliphatic heterocycles. The van der Waals surface area contributed by atoms with Gasteiger partial charge in [-0.05, 0) is 57.6 Å². The van der Waals surface area contributed by atoms with Gasteiger partial charge in [0, 0.05) is 129 Å². The van der Waals surface area contributed by atoms with E-state index >= 15 is 0 Å². The second kappa shape index (κ2) is 55.4. The predicted molar refractivity (Wildman–Crippen MR) is 294 cm³/mol. The molecule has 0 bridgehead atoms. The Kier molecular flexibility index (Phi) is 53.3. The molecule has 0 rings (SSSR count). The highest BCUT2D eigenvalue weighted by atomic mass is 32.2. The summed E-state index contributed by atoms with van der Waals surface area (Å²) < 4.78 is 44.5. The average Bonchev–Trinajstić information content (AvgIpc) is 3.39. The van der Waals surface area contributed by atoms with Crippen molar-refractivity contribution in [2.75, 3.05) is 203 Å². The smallest absolute Gasteiger partial charge is 0.317 e. The van der Waals surface area contributed by atoms with Crippen LogP contribution < -0.4 is 28.3 Å². The van der Waals surface area contributed by atoms with Crippen molar-refractivity contribution in [1.29, 1.82) is 0 Å². The molecule has 0 aromatic rings. The van der Waals surface area contributed by atoms with E-state index in [4.69, 9.17) is 60.8 Å². The van der Waals surface area contributed by atoms with Crippen LogP contribution in [0.15, 0.2) is 0 Å². The number of nitrogens with one attached hydrogen (secondary N) is 1. The summed E-state index contributed by atoms with van der Waals surface area (Å²) in [6.45, 7) is 10.7. The lowest BCUT2D eigenvalue weighted by atomic mass is 10.1. The van der Waals surface area contributed by atoms with Crippen molar-refractivity contribution >= 4 is 52.5 Å². The molecule has 76 heavy (non-hydrogen) atoms. The molecular formula is C52H100N8O15S. The molecule has 9 N–H and O–H groups in total. The van der Waals surface area contributed by atoms with Crippen LogP contribution in [0, 0.1) is 0 Å². The van der Waals surface area contributed by atoms with E-state index in [0.29, 0.717) is 177 Å². The van der Waals surface area contributed by atoms with Crippen molar-refractivity contribution in [3.05, 3.63) is 0 Å². The summed E-state index contributed by atoms with van der Waals surface area (Å²) in [6.07, 6.45) is 7.24. The predicted octanol–water partition coefficient (Wildman–Crippen LogP) is 0.809. The van der Waals surface area contributed by atoms with Crippen LogP contribution in [0.3, 0.4) is 0 Å². The van der Waals surface area contributed by atoms with Crippen molar-refractivity contribution in [3.63, 3.8) is 0 Å². The summed E-state index contributed by atoms with van der Waals surface area (Å²) >= 11 is 1.75. The Hall–Kier alpha value is -2.92. The molecular weight excluding hydrogens is 1010 g/mol. The topological polar surface area (TPSA) is 319 Å². The molecule has 444 valence electrons. The highest BCUT2D eigenvalue weighted by Gasteiger charge is 2.18. The first-order valence-corrected chi connectivity index (χ1v) is 28.9. The monoisotopic (exact) mass is 1110 g/mol. The normalized spacial score (nSPS) is 11.5. The summed E-state index contributed by atoms with van der Waals surface area (Å²) in [5, 5.41) is 2.93. The third-order valence-corrected chi connectivity index (χ3v) is 12.2. The number of thioether (sulfide) groups is 1. The van der Waals surface area contributed by atoms with Crippen LogP contribution in [-0.4, -0.2) is 258 Å². The van der Waals surface area contributed by atoms with Gasteiger partial charge in [0.15, 0.2) is 0 Å². The number of carbonyl (C=O) groups excluding carboxylic acids is 7. The third-order valence-electron chi connectivity index (χ3n) is 11.5. The van der Waals surface area contributed by atoms with Crippen LogP contribution in [0.5, 0.6) is 0 Å². The quantitative estimate of drug-likeness (QED) is 0.0526. The first-order chi connectivity index (χ1) is 37.0. The summed E-state index contributed by atoms with van der Waals surface area (Å²) in [5.74, 6) is 1.37. The van der Waals surface area contributed by atoms with E-state index in [0.717, 1.165) is 12.2 Å². The summed E-state index contributed by atoms with van der Waals surface area (Å²) in [7, 11) is 0. The summed E-state index contributed by atoms with van der Waals surface area (Å²) in [4.78, 5) is 92.7. The molecule has 0 aromatic carbocycles. The minimum Gasteiger partial charge on any atom is -0.379 e. The molecule has 0 saturated heterocycles. The van der Waals surface area contributed by atoms with Gasteiger partial charge < -0.3 is 80.8 Å². The van der Waals surface area contributed by atoms with Crippen LogP contribution in [-0.2, 0) is 66.7 Å². The number of ketones is 6. The van der Waals surface area contributed by atoms with Crippen molar-refractivity contribution < 1.29 is 71.5 Å². The summed E-state index contributed by atoms with van der Waals surface area (Å²) in [5.41, 5.74) is 22.2. The van der Waals surface area contributed by atoms with E-state index in [1.165, 1.54) is 4.90 Å². The highest BCUT2D eigenvalue weighted by Crippen LogP contribution is 2.07. The van der Waals surface area contributed by atoms with Crippen LogP contribution in [0.2, 0.25) is 0 Å². The van der Waals surface area contributed by atoms with Crippen LogP contribution in [0.4, 0.5) is 4.79 Å². The van der Waals surface area contributed by atoms with Gasteiger partial charge in [-0.25, -0.2) is 4.79 Å². The second-order valence-electron chi connectivity index (χ2n) is 17.9. The van der Waals surface area contributed by atoms with Crippen molar-refractivity contribution in [2.45, 2.75) is 89.9 Å². The number of ether oxygens (including phenoxy) is 8. The summed E-state index contributed by atoms with van der Waals surface area (Å²) in [6, 6.07) is -0.379. The lowest BCUT2D eigenvalue weighted by Crippen LogP contribution is -2.45. The molecule has 0 aliphatic rings. The van der Waals surface area contributed by atoms with Crippen LogP contribution in [0.1, 0.15) is 89.9 Å². The Labute approximate surface area is 458 Å². The van der Waals surface area contributed by atoms with Gasteiger partial charge in [0.1, 0.15) is 34.7 Å². The Morgan fingerprint density at radius 1 is 0.342 bits per heavy atom. The van der Waals surface area contributed by atoms with Gasteiger partial charge in [-0.1, -0.05) is 0 Å². The maximum atomic E-state index is 13.5. The molecule has 2 amide bonds. The zero-order valence-corrected chi connectivity index (χ0v) is 47.1. The minimum atomic E-state index is -0.379. The highest BCUT2D eigenvalue weighted by molar-refractivity contribution is 7.98. The number of hydrogen-bond donors (Lipinski definition) is 5. The third kappa shape index (κ3) is 49.4. The van der Waals surface area contributed by atoms with Crippen molar-refractivity contribution in [3.8, 4) is 0 Å². The van der Waals surface area contributed by atoms with E-state index in [-0.39, 0.29) is 138 Å². The number of urea groups is 1. The standard InChI is InChI=1S/C52H100N8O15S/c1-76-45-3-5-47(62)15-29-68-31-33-70-35-37-72-39-41-74-43-44-75-42-40-73-38-36-71-34-32-69-30-28-60(52(67)57-20-27-59(24-12-50(65)8-18-55)25-13-51(66)9-19-56)26-14-46(61)4-2-21-58(22-10-48(63)6-16-53)23-11-49(64)7-17-54/h2-45,53-56H2,1H3,(H,57,67). The average molecular weight is 1110 g/mol. The second-order valence-corrected chi connectivity index (χ2v) is 18.9. The van der Waals surface area contributed by atoms with Gasteiger partial charge in [-0.2, -0.15) is 11.8 Å². The maximum Gasteiger partial charge on any atom is 0.317 e. The fraction of sp³-hybridized carbons (Fsp3) is 0.865. The van der Waals surface area contributed by atoms with E-state index in [2.05, 4.69) is 5.32 Å². The van der Waals surface area contributed by atoms with Gasteiger partial charge >= 0.3 is 6.03 Å². The van der Waals surface area contributed by atoms with Crippen LogP contribution in [0.25, 0.3) is 0 Å². The first kappa shape index (κ1) is 73.1. The Bertz CT molecular complexity index is 1430. The van der Waals surface area contributed by atoms with Gasteiger partial charge in [0.05, 0.1) is 106 Å². The van der Waals surface area contributed by atoms with Gasteiger partial charge in [0.2, 0.25) is 0 Å². The molecule has 0 aromatic heterocycles. The number of hydrogen-bond acceptors (Lipinski definition) is 22. The number of amides is 2. The molecule has 23 nitrogen and oxygen atoms in total. The fourth-order valence-electron chi connectivity index (χ4n) is 7.12. The Morgan fingerprint density at radius 2 is 0.658 bits per heavy atom. The molecule has 0 heterocycles. The number of carbonyl (C=O) groups is 7. The zero-order valence-electron chi connectivity index (χ0n) is 46.3. The molecule has 0 atom stereocenters. The molecule has 0 spiro atoms. The molecule has 0 fully saturated rings. The van der Waals surface area contributed by atoms with E-state index in [1.807, 2.05) is 16.1 Å². The lowest BCUT2D eigenvalue weighted by Gasteiger charge is -2.25. The fourth-order valence-corrected chi connectivity index (χ4v) is 7.55. The van der Waals surface area contributed by atoms with Gasteiger partial charge in [0.25, 0.3) is 0 Å². The number of nitrogens with two attached hydrogens (primary N) is 4. The van der Waals surface area contributed by atoms with Crippen molar-refractivity contribution in [2.24, 2.45) is 22.9 Å². The molecule has 0 radical (unpaired) electrons. The molecule has 24 heteroatoms. The number of nitrogens with zero attached hydrogens (tertiary/aromatic N) is 3. The maximum absolute atomic E-state index is 13.5. The lowest BCUT2D eigenvalue weighted by molar-refractivity contribution is -0.121. The molecule has 0 unspecified atom stereocenters. The van der Waals surface area contributed by atoms with E-state index < -0.39 is 0 Å². The number of rotatable bonds is 61. The Morgan fingerprint density at radius 3 is 1.04 bits per heavy atom. The largest absolute Gasteiger partial charge is 0.379 e. The number of Topliss-reactive ketones (excluding diaryl/α,β-unsaturated/α-hetero) is 6. The minimum absolute atomic E-state index is 0.0261. The van der Waals surface area contributed by atoms with Gasteiger partial charge in [-0.3, -0.25) is 28.8 Å². The van der Waals surface area contributed by atoms with E-state index in [9.17, 15) is 33.6 Å². The zero-order chi connectivity index (χ0) is 56.0. The van der Waals surface area contributed by atoms with Gasteiger partial charge in [-0.15, -0.1) is 0 Å². The molecule has 0 saturated carbocycles.